The van der Waals surface area contributed by atoms with Gasteiger partial charge in [0.25, 0.3) is 5.69 Å². The highest BCUT2D eigenvalue weighted by Gasteiger charge is 2.20. The summed E-state index contributed by atoms with van der Waals surface area (Å²) < 4.78 is 7.23. The highest BCUT2D eigenvalue weighted by atomic mass is 16.6. The molecule has 0 aliphatic heterocycles. The Morgan fingerprint density at radius 2 is 2.00 bits per heavy atom. The number of nitrogens with zero attached hydrogens (tertiary/aromatic N) is 3. The number of benzene rings is 2. The number of nitro benzene ring substituents is 1. The first-order valence-corrected chi connectivity index (χ1v) is 7.22. The Kier molecular flexibility index (Phi) is 2.96. The first-order valence-electron chi connectivity index (χ1n) is 7.22. The Balaban J connectivity index is 2.00. The van der Waals surface area contributed by atoms with Crippen LogP contribution in [0.15, 0.2) is 52.9 Å². The quantitative estimate of drug-likeness (QED) is 0.411. The summed E-state index contributed by atoms with van der Waals surface area (Å²) in [5.41, 5.74) is 2.05. The first kappa shape index (κ1) is 14.1. The highest BCUT2D eigenvalue weighted by Crippen LogP contribution is 2.33. The number of hydrogen-bond acceptors (Lipinski definition) is 5. The van der Waals surface area contributed by atoms with Gasteiger partial charge in [0.15, 0.2) is 0 Å². The van der Waals surface area contributed by atoms with E-state index in [-0.39, 0.29) is 17.5 Å². The van der Waals surface area contributed by atoms with Gasteiger partial charge in [-0.25, -0.2) is 9.55 Å². The summed E-state index contributed by atoms with van der Waals surface area (Å²) >= 11 is 0. The normalized spacial score (nSPS) is 11.2. The van der Waals surface area contributed by atoms with Crippen LogP contribution in [0.5, 0.6) is 0 Å². The number of oxazole rings is 1. The fourth-order valence-electron chi connectivity index (χ4n) is 2.81. The largest absolute Gasteiger partial charge is 0.419 e. The van der Waals surface area contributed by atoms with Gasteiger partial charge in [-0.2, -0.15) is 0 Å². The molecule has 0 spiro atoms. The molecule has 4 aromatic rings. The van der Waals surface area contributed by atoms with Crippen LogP contribution in [-0.4, -0.2) is 20.4 Å². The lowest BCUT2D eigenvalue weighted by atomic mass is 10.2. The lowest BCUT2D eigenvalue weighted by molar-refractivity contribution is -0.384. The molecule has 0 N–H and O–H groups in total. The van der Waals surface area contributed by atoms with E-state index in [4.69, 9.17) is 4.42 Å². The molecular formula is C17H11N3O4. The van der Waals surface area contributed by atoms with Crippen LogP contribution in [0.4, 0.5) is 5.69 Å². The van der Waals surface area contributed by atoms with Crippen molar-refractivity contribution >= 4 is 33.7 Å². The van der Waals surface area contributed by atoms with Crippen LogP contribution in [0.25, 0.3) is 33.6 Å². The molecule has 0 atom stereocenters. The van der Waals surface area contributed by atoms with Gasteiger partial charge in [-0.05, 0) is 12.1 Å². The second-order valence-corrected chi connectivity index (χ2v) is 5.35. The summed E-state index contributed by atoms with van der Waals surface area (Å²) in [6.45, 7) is 1.45. The number of para-hydroxylation sites is 1. The van der Waals surface area contributed by atoms with Crippen molar-refractivity contribution in [2.24, 2.45) is 0 Å². The number of aromatic nitrogens is 2. The van der Waals surface area contributed by atoms with E-state index in [1.54, 1.807) is 12.1 Å². The maximum atomic E-state index is 12.0. The number of non-ortho nitro benzene ring substituents is 1. The average Bonchev–Trinajstić information content (AvgIpc) is 3.11. The van der Waals surface area contributed by atoms with Crippen LogP contribution in [0.1, 0.15) is 11.7 Å². The van der Waals surface area contributed by atoms with Crippen LogP contribution in [-0.2, 0) is 0 Å². The molecule has 7 heteroatoms. The fraction of sp³-hybridized carbons (Fsp3) is 0.0588. The first-order chi connectivity index (χ1) is 11.6. The second-order valence-electron chi connectivity index (χ2n) is 5.35. The molecule has 2 aromatic heterocycles. The Morgan fingerprint density at radius 1 is 1.21 bits per heavy atom. The number of nitro groups is 1. The van der Waals surface area contributed by atoms with E-state index in [9.17, 15) is 14.9 Å². The summed E-state index contributed by atoms with van der Waals surface area (Å²) in [5.74, 6) is 0.0485. The third-order valence-electron chi connectivity index (χ3n) is 3.83. The standard InChI is InChI=1S/C17H11N3O4/c1-10(21)19-14-8-3-2-7-13(14)15-17(19)24-16(18-15)11-5-4-6-12(9-11)20(22)23/h2-9H,1H3. The van der Waals surface area contributed by atoms with Crippen LogP contribution in [0, 0.1) is 10.1 Å². The van der Waals surface area contributed by atoms with Gasteiger partial charge in [0, 0.05) is 30.0 Å². The van der Waals surface area contributed by atoms with E-state index in [0.29, 0.717) is 16.8 Å². The zero-order valence-corrected chi connectivity index (χ0v) is 12.6. The predicted octanol–water partition coefficient (Wildman–Crippen LogP) is 4.02. The van der Waals surface area contributed by atoms with E-state index in [1.807, 2.05) is 24.3 Å². The zero-order chi connectivity index (χ0) is 16.8. The van der Waals surface area contributed by atoms with Crippen molar-refractivity contribution in [3.8, 4) is 11.5 Å². The minimum absolute atomic E-state index is 0.0466. The Hall–Kier alpha value is -3.48. The van der Waals surface area contributed by atoms with E-state index in [0.717, 1.165) is 10.9 Å². The van der Waals surface area contributed by atoms with E-state index < -0.39 is 4.92 Å². The van der Waals surface area contributed by atoms with Crippen LogP contribution in [0.3, 0.4) is 0 Å². The van der Waals surface area contributed by atoms with E-state index in [2.05, 4.69) is 4.98 Å². The van der Waals surface area contributed by atoms with Crippen molar-refractivity contribution < 1.29 is 14.1 Å². The van der Waals surface area contributed by atoms with Gasteiger partial charge in [-0.15, -0.1) is 0 Å². The van der Waals surface area contributed by atoms with Gasteiger partial charge >= 0.3 is 0 Å². The number of carbonyl (C=O) groups excluding carboxylic acids is 1. The molecule has 0 saturated carbocycles. The molecule has 0 amide bonds. The molecule has 0 bridgehead atoms. The van der Waals surface area contributed by atoms with Gasteiger partial charge in [-0.3, -0.25) is 14.9 Å². The average molecular weight is 321 g/mol. The second kappa shape index (κ2) is 5.02. The van der Waals surface area contributed by atoms with Crippen LogP contribution in [0.2, 0.25) is 0 Å². The highest BCUT2D eigenvalue weighted by molar-refractivity contribution is 6.10. The number of rotatable bonds is 2. The zero-order valence-electron chi connectivity index (χ0n) is 12.6. The number of hydrogen-bond donors (Lipinski definition) is 0. The third-order valence-corrected chi connectivity index (χ3v) is 3.83. The molecule has 7 nitrogen and oxygen atoms in total. The maximum absolute atomic E-state index is 12.0. The van der Waals surface area contributed by atoms with Gasteiger partial charge in [0.2, 0.25) is 17.5 Å². The monoisotopic (exact) mass is 321 g/mol. The summed E-state index contributed by atoms with van der Waals surface area (Å²) in [5, 5.41) is 11.7. The summed E-state index contributed by atoms with van der Waals surface area (Å²) in [6.07, 6.45) is 0. The summed E-state index contributed by atoms with van der Waals surface area (Å²) in [6, 6.07) is 13.4. The molecule has 0 aliphatic carbocycles. The van der Waals surface area contributed by atoms with E-state index >= 15 is 0 Å². The van der Waals surface area contributed by atoms with E-state index in [1.165, 1.54) is 23.6 Å². The van der Waals surface area contributed by atoms with Gasteiger partial charge < -0.3 is 4.42 Å². The van der Waals surface area contributed by atoms with Gasteiger partial charge in [0.1, 0.15) is 5.52 Å². The predicted molar refractivity (Wildman–Crippen MR) is 87.9 cm³/mol. The smallest absolute Gasteiger partial charge is 0.270 e. The Morgan fingerprint density at radius 3 is 2.75 bits per heavy atom. The van der Waals surface area contributed by atoms with Crippen LogP contribution < -0.4 is 0 Å². The molecule has 24 heavy (non-hydrogen) atoms. The molecule has 0 aliphatic rings. The van der Waals surface area contributed by atoms with Crippen molar-refractivity contribution in [3.63, 3.8) is 0 Å². The molecule has 0 radical (unpaired) electrons. The van der Waals surface area contributed by atoms with Crippen molar-refractivity contribution in [1.82, 2.24) is 9.55 Å². The fourth-order valence-corrected chi connectivity index (χ4v) is 2.81. The molecular weight excluding hydrogens is 310 g/mol. The molecule has 0 fully saturated rings. The molecule has 118 valence electrons. The lowest BCUT2D eigenvalue weighted by Crippen LogP contribution is -2.03. The van der Waals surface area contributed by atoms with Gasteiger partial charge in [0.05, 0.1) is 10.4 Å². The van der Waals surface area contributed by atoms with Gasteiger partial charge in [-0.1, -0.05) is 24.3 Å². The lowest BCUT2D eigenvalue weighted by Gasteiger charge is -2.00. The third kappa shape index (κ3) is 1.98. The molecule has 2 heterocycles. The molecule has 4 rings (SSSR count). The van der Waals surface area contributed by atoms with Crippen molar-refractivity contribution in [2.45, 2.75) is 6.92 Å². The summed E-state index contributed by atoms with van der Waals surface area (Å²) in [4.78, 5) is 26.9. The topological polar surface area (TPSA) is 91.2 Å². The van der Waals surface area contributed by atoms with Crippen LogP contribution >= 0.6 is 0 Å². The Bertz CT molecular complexity index is 1120. The molecule has 0 saturated heterocycles. The molecule has 0 unspecified atom stereocenters. The Labute approximate surface area is 135 Å². The molecule has 2 aromatic carbocycles. The number of carbonyl (C=O) groups is 1. The minimum Gasteiger partial charge on any atom is -0.419 e. The summed E-state index contributed by atoms with van der Waals surface area (Å²) in [7, 11) is 0. The van der Waals surface area contributed by atoms with Crippen molar-refractivity contribution in [1.29, 1.82) is 0 Å². The van der Waals surface area contributed by atoms with Crippen molar-refractivity contribution in [2.75, 3.05) is 0 Å². The number of fused-ring (bicyclic) bond motifs is 3. The SMILES string of the molecule is CC(=O)n1c2ccccc2c2nc(-c3cccc([N+](=O)[O-])c3)oc21. The minimum atomic E-state index is -0.475. The maximum Gasteiger partial charge on any atom is 0.270 e. The van der Waals surface area contributed by atoms with Crippen molar-refractivity contribution in [3.05, 3.63) is 58.6 Å².